The summed E-state index contributed by atoms with van der Waals surface area (Å²) in [6.07, 6.45) is 7.37. The van der Waals surface area contributed by atoms with Crippen LogP contribution in [0, 0.1) is 0 Å². The van der Waals surface area contributed by atoms with Crippen LogP contribution in [-0.2, 0) is 7.05 Å². The topological polar surface area (TPSA) is 56.7 Å². The third-order valence-corrected chi connectivity index (χ3v) is 3.08. The maximum absolute atomic E-state index is 6.28. The maximum Gasteiger partial charge on any atom is 0.0947 e. The Labute approximate surface area is 105 Å². The number of hydrogen-bond acceptors (Lipinski definition) is 3. The molecule has 0 saturated heterocycles. The van der Waals surface area contributed by atoms with Gasteiger partial charge in [-0.15, -0.1) is 0 Å². The lowest BCUT2D eigenvalue weighted by atomic mass is 10.0. The Hall–Kier alpha value is -2.20. The molecule has 0 saturated carbocycles. The van der Waals surface area contributed by atoms with E-state index in [2.05, 4.69) is 16.0 Å². The minimum absolute atomic E-state index is 0.246. The van der Waals surface area contributed by atoms with E-state index in [1.165, 1.54) is 0 Å². The number of aromatic nitrogens is 3. The van der Waals surface area contributed by atoms with Gasteiger partial charge in [0.25, 0.3) is 0 Å². The average molecular weight is 238 g/mol. The third kappa shape index (κ3) is 1.76. The first kappa shape index (κ1) is 10.9. The molecule has 18 heavy (non-hydrogen) atoms. The number of pyridine rings is 1. The third-order valence-electron chi connectivity index (χ3n) is 3.08. The second kappa shape index (κ2) is 4.23. The second-order valence-corrected chi connectivity index (χ2v) is 4.39. The van der Waals surface area contributed by atoms with Crippen LogP contribution in [0.4, 0.5) is 0 Å². The van der Waals surface area contributed by atoms with Crippen molar-refractivity contribution in [2.24, 2.45) is 12.8 Å². The van der Waals surface area contributed by atoms with E-state index in [0.29, 0.717) is 0 Å². The van der Waals surface area contributed by atoms with Crippen molar-refractivity contribution in [2.45, 2.75) is 6.04 Å². The number of aryl methyl sites for hydroxylation is 1. The van der Waals surface area contributed by atoms with E-state index in [0.717, 1.165) is 22.0 Å². The Balaban J connectivity index is 2.14. The van der Waals surface area contributed by atoms with Crippen LogP contribution in [0.3, 0.4) is 0 Å². The van der Waals surface area contributed by atoms with Crippen LogP contribution in [0.5, 0.6) is 0 Å². The van der Waals surface area contributed by atoms with E-state index in [4.69, 9.17) is 5.73 Å². The lowest BCUT2D eigenvalue weighted by Gasteiger charge is -2.11. The fraction of sp³-hybridized carbons (Fsp3) is 0.143. The largest absolute Gasteiger partial charge is 0.340 e. The molecular formula is C14H14N4. The molecule has 0 aliphatic rings. The number of imidazole rings is 1. The molecule has 0 bridgehead atoms. The average Bonchev–Trinajstić information content (AvgIpc) is 2.84. The van der Waals surface area contributed by atoms with Crippen LogP contribution in [0.25, 0.3) is 10.8 Å². The van der Waals surface area contributed by atoms with Crippen molar-refractivity contribution in [1.82, 2.24) is 14.5 Å². The predicted molar refractivity (Wildman–Crippen MR) is 71.0 cm³/mol. The Bertz CT molecular complexity index is 682. The van der Waals surface area contributed by atoms with Gasteiger partial charge < -0.3 is 10.3 Å². The zero-order valence-corrected chi connectivity index (χ0v) is 10.1. The summed E-state index contributed by atoms with van der Waals surface area (Å²) in [5.74, 6) is 0. The Morgan fingerprint density at radius 2 is 2.06 bits per heavy atom. The standard InChI is InChI=1S/C14H14N4/c1-18-8-13(17-9-18)14(15)12-7-16-6-10-4-2-3-5-11(10)12/h2-9,14H,15H2,1H3. The fourth-order valence-electron chi connectivity index (χ4n) is 2.14. The van der Waals surface area contributed by atoms with Gasteiger partial charge in [0, 0.05) is 36.6 Å². The summed E-state index contributed by atoms with van der Waals surface area (Å²) < 4.78 is 1.90. The van der Waals surface area contributed by atoms with E-state index in [1.54, 1.807) is 6.33 Å². The van der Waals surface area contributed by atoms with E-state index in [1.807, 2.05) is 48.4 Å². The summed E-state index contributed by atoms with van der Waals surface area (Å²) >= 11 is 0. The zero-order valence-electron chi connectivity index (χ0n) is 10.1. The van der Waals surface area contributed by atoms with Crippen molar-refractivity contribution in [3.05, 3.63) is 60.4 Å². The van der Waals surface area contributed by atoms with Crippen LogP contribution in [0.2, 0.25) is 0 Å². The molecule has 3 aromatic rings. The molecule has 1 atom stereocenters. The molecule has 0 amide bonds. The number of hydrogen-bond donors (Lipinski definition) is 1. The lowest BCUT2D eigenvalue weighted by molar-refractivity contribution is 0.837. The van der Waals surface area contributed by atoms with Crippen LogP contribution in [0.1, 0.15) is 17.3 Å². The van der Waals surface area contributed by atoms with Crippen molar-refractivity contribution in [3.8, 4) is 0 Å². The van der Waals surface area contributed by atoms with Gasteiger partial charge in [0.1, 0.15) is 0 Å². The first-order valence-corrected chi connectivity index (χ1v) is 5.82. The van der Waals surface area contributed by atoms with Crippen molar-refractivity contribution < 1.29 is 0 Å². The van der Waals surface area contributed by atoms with E-state index < -0.39 is 0 Å². The number of fused-ring (bicyclic) bond motifs is 1. The van der Waals surface area contributed by atoms with Crippen molar-refractivity contribution in [1.29, 1.82) is 0 Å². The van der Waals surface area contributed by atoms with Gasteiger partial charge in [0.2, 0.25) is 0 Å². The van der Waals surface area contributed by atoms with E-state index in [-0.39, 0.29) is 6.04 Å². The van der Waals surface area contributed by atoms with Gasteiger partial charge >= 0.3 is 0 Å². The monoisotopic (exact) mass is 238 g/mol. The second-order valence-electron chi connectivity index (χ2n) is 4.39. The molecule has 1 unspecified atom stereocenters. The highest BCUT2D eigenvalue weighted by Gasteiger charge is 2.14. The van der Waals surface area contributed by atoms with Gasteiger partial charge in [-0.05, 0) is 5.39 Å². The molecule has 2 aromatic heterocycles. The minimum Gasteiger partial charge on any atom is -0.340 e. The highest BCUT2D eigenvalue weighted by atomic mass is 15.0. The molecular weight excluding hydrogens is 224 g/mol. The van der Waals surface area contributed by atoms with Gasteiger partial charge in [0.15, 0.2) is 0 Å². The summed E-state index contributed by atoms with van der Waals surface area (Å²) in [5, 5.41) is 2.23. The van der Waals surface area contributed by atoms with E-state index >= 15 is 0 Å². The molecule has 1 aromatic carbocycles. The van der Waals surface area contributed by atoms with Crippen molar-refractivity contribution >= 4 is 10.8 Å². The quantitative estimate of drug-likeness (QED) is 0.743. The molecule has 0 spiro atoms. The molecule has 90 valence electrons. The molecule has 0 aliphatic carbocycles. The molecule has 0 radical (unpaired) electrons. The minimum atomic E-state index is -0.246. The lowest BCUT2D eigenvalue weighted by Crippen LogP contribution is -2.13. The molecule has 4 heteroatoms. The van der Waals surface area contributed by atoms with Crippen LogP contribution in [0.15, 0.2) is 49.2 Å². The number of benzene rings is 1. The van der Waals surface area contributed by atoms with Gasteiger partial charge in [-0.25, -0.2) is 4.98 Å². The van der Waals surface area contributed by atoms with Crippen molar-refractivity contribution in [2.75, 3.05) is 0 Å². The fourth-order valence-corrected chi connectivity index (χ4v) is 2.14. The molecule has 2 N–H and O–H groups in total. The van der Waals surface area contributed by atoms with Gasteiger partial charge in [-0.2, -0.15) is 0 Å². The number of rotatable bonds is 2. The smallest absolute Gasteiger partial charge is 0.0947 e. The Morgan fingerprint density at radius 1 is 1.22 bits per heavy atom. The van der Waals surface area contributed by atoms with Gasteiger partial charge in [0.05, 0.1) is 18.1 Å². The molecule has 4 nitrogen and oxygen atoms in total. The van der Waals surface area contributed by atoms with Crippen molar-refractivity contribution in [3.63, 3.8) is 0 Å². The predicted octanol–water partition coefficient (Wildman–Crippen LogP) is 2.02. The highest BCUT2D eigenvalue weighted by Crippen LogP contribution is 2.25. The summed E-state index contributed by atoms with van der Waals surface area (Å²) in [7, 11) is 1.94. The highest BCUT2D eigenvalue weighted by molar-refractivity contribution is 5.85. The van der Waals surface area contributed by atoms with Crippen LogP contribution < -0.4 is 5.73 Å². The molecule has 0 aliphatic heterocycles. The molecule has 2 heterocycles. The summed E-state index contributed by atoms with van der Waals surface area (Å²) in [6.45, 7) is 0. The number of nitrogens with zero attached hydrogens (tertiary/aromatic N) is 3. The Morgan fingerprint density at radius 3 is 2.83 bits per heavy atom. The molecule has 3 rings (SSSR count). The normalized spacial score (nSPS) is 12.8. The van der Waals surface area contributed by atoms with E-state index in [9.17, 15) is 0 Å². The SMILES string of the molecule is Cn1cnc(C(N)c2cncc3ccccc23)c1. The van der Waals surface area contributed by atoms with Crippen LogP contribution >= 0.6 is 0 Å². The molecule has 0 fully saturated rings. The summed E-state index contributed by atoms with van der Waals surface area (Å²) in [5.41, 5.74) is 8.14. The summed E-state index contributed by atoms with van der Waals surface area (Å²) in [4.78, 5) is 8.56. The summed E-state index contributed by atoms with van der Waals surface area (Å²) in [6, 6.07) is 7.87. The van der Waals surface area contributed by atoms with Gasteiger partial charge in [-0.1, -0.05) is 24.3 Å². The number of nitrogens with two attached hydrogens (primary N) is 1. The zero-order chi connectivity index (χ0) is 12.5. The first-order valence-electron chi connectivity index (χ1n) is 5.82. The maximum atomic E-state index is 6.28. The van der Waals surface area contributed by atoms with Crippen LogP contribution in [-0.4, -0.2) is 14.5 Å². The van der Waals surface area contributed by atoms with Gasteiger partial charge in [-0.3, -0.25) is 4.98 Å². The Kier molecular flexibility index (Phi) is 2.57. The first-order chi connectivity index (χ1) is 8.75.